The third-order valence-corrected chi connectivity index (χ3v) is 2.88. The summed E-state index contributed by atoms with van der Waals surface area (Å²) in [5, 5.41) is 11.0. The second kappa shape index (κ2) is 5.59. The number of benzene rings is 1. The Morgan fingerprint density at radius 1 is 1.44 bits per heavy atom. The molecule has 0 saturated carbocycles. The van der Waals surface area contributed by atoms with Crippen LogP contribution in [0, 0.1) is 10.1 Å². The molecule has 1 aromatic rings. The van der Waals surface area contributed by atoms with Crippen molar-refractivity contribution < 1.29 is 14.5 Å². The minimum atomic E-state index is -0.703. The van der Waals surface area contributed by atoms with Crippen molar-refractivity contribution in [1.82, 2.24) is 4.90 Å². The van der Waals surface area contributed by atoms with E-state index in [1.54, 1.807) is 6.07 Å². The van der Waals surface area contributed by atoms with E-state index in [0.717, 1.165) is 5.56 Å². The van der Waals surface area contributed by atoms with Gasteiger partial charge in [-0.05, 0) is 32.6 Å². The molecule has 98 valence electrons. The first-order chi connectivity index (χ1) is 8.38. The number of hydrogen-bond acceptors (Lipinski definition) is 5. The Kier molecular flexibility index (Phi) is 4.38. The third-order valence-electron chi connectivity index (χ3n) is 2.88. The number of rotatable bonds is 4. The minimum absolute atomic E-state index is 0.0235. The lowest BCUT2D eigenvalue weighted by molar-refractivity contribution is -0.385. The second-order valence-electron chi connectivity index (χ2n) is 4.16. The van der Waals surface area contributed by atoms with Crippen LogP contribution in [0.5, 0.6) is 0 Å². The lowest BCUT2D eigenvalue weighted by Crippen LogP contribution is -2.17. The fourth-order valence-corrected chi connectivity index (χ4v) is 1.54. The van der Waals surface area contributed by atoms with Crippen molar-refractivity contribution in [3.05, 3.63) is 39.4 Å². The molecule has 1 rings (SSSR count). The molecule has 0 fully saturated rings. The Balaban J connectivity index is 3.27. The molecular formula is C12H16N2O4. The van der Waals surface area contributed by atoms with E-state index in [9.17, 15) is 14.9 Å². The molecule has 0 heterocycles. The summed E-state index contributed by atoms with van der Waals surface area (Å²) < 4.78 is 4.52. The summed E-state index contributed by atoms with van der Waals surface area (Å²) in [5.41, 5.74) is 0.518. The molecule has 18 heavy (non-hydrogen) atoms. The first kappa shape index (κ1) is 14.1. The normalized spacial score (nSPS) is 12.3. The van der Waals surface area contributed by atoms with Gasteiger partial charge in [0.25, 0.3) is 5.69 Å². The number of hydrogen-bond donors (Lipinski definition) is 0. The molecule has 0 aromatic heterocycles. The first-order valence-corrected chi connectivity index (χ1v) is 5.41. The van der Waals surface area contributed by atoms with Crippen molar-refractivity contribution in [2.45, 2.75) is 13.0 Å². The summed E-state index contributed by atoms with van der Waals surface area (Å²) in [6.45, 7) is 1.93. The van der Waals surface area contributed by atoms with Gasteiger partial charge < -0.3 is 9.64 Å². The van der Waals surface area contributed by atoms with Crippen LogP contribution in [0.15, 0.2) is 18.2 Å². The summed E-state index contributed by atoms with van der Waals surface area (Å²) >= 11 is 0. The van der Waals surface area contributed by atoms with Crippen molar-refractivity contribution in [2.75, 3.05) is 21.2 Å². The zero-order valence-corrected chi connectivity index (χ0v) is 10.8. The van der Waals surface area contributed by atoms with E-state index in [1.807, 2.05) is 25.9 Å². The molecule has 1 atom stereocenters. The maximum Gasteiger partial charge on any atom is 0.344 e. The molecular weight excluding hydrogens is 236 g/mol. The standard InChI is InChI=1S/C12H16N2O4/c1-8(13(2)3)9-5-6-10(12(15)18-4)11(7-9)14(16)17/h5-8H,1-4H3. The number of nitrogens with zero attached hydrogens (tertiary/aromatic N) is 2. The molecule has 0 aliphatic heterocycles. The number of methoxy groups -OCH3 is 1. The van der Waals surface area contributed by atoms with Crippen LogP contribution >= 0.6 is 0 Å². The molecule has 0 bridgehead atoms. The summed E-state index contributed by atoms with van der Waals surface area (Å²) in [6, 6.07) is 4.57. The van der Waals surface area contributed by atoms with Crippen molar-refractivity contribution in [3.63, 3.8) is 0 Å². The van der Waals surface area contributed by atoms with E-state index in [1.165, 1.54) is 19.2 Å². The quantitative estimate of drug-likeness (QED) is 0.465. The predicted octanol–water partition coefficient (Wildman–Crippen LogP) is 2.00. The van der Waals surface area contributed by atoms with Crippen LogP contribution in [0.4, 0.5) is 5.69 Å². The van der Waals surface area contributed by atoms with E-state index in [0.29, 0.717) is 0 Å². The van der Waals surface area contributed by atoms with E-state index in [-0.39, 0.29) is 17.3 Å². The van der Waals surface area contributed by atoms with Crippen LogP contribution in [0.25, 0.3) is 0 Å². The summed E-state index contributed by atoms with van der Waals surface area (Å²) in [4.78, 5) is 23.7. The maximum atomic E-state index is 11.4. The third kappa shape index (κ3) is 2.84. The number of nitro groups is 1. The van der Waals surface area contributed by atoms with Gasteiger partial charge in [0.15, 0.2) is 0 Å². The Morgan fingerprint density at radius 2 is 2.06 bits per heavy atom. The van der Waals surface area contributed by atoms with Gasteiger partial charge in [-0.1, -0.05) is 6.07 Å². The van der Waals surface area contributed by atoms with Gasteiger partial charge in [0, 0.05) is 12.1 Å². The Morgan fingerprint density at radius 3 is 2.50 bits per heavy atom. The predicted molar refractivity (Wildman–Crippen MR) is 66.5 cm³/mol. The molecule has 1 unspecified atom stereocenters. The fourth-order valence-electron chi connectivity index (χ4n) is 1.54. The van der Waals surface area contributed by atoms with E-state index in [2.05, 4.69) is 4.74 Å². The van der Waals surface area contributed by atoms with E-state index >= 15 is 0 Å². The van der Waals surface area contributed by atoms with Crippen molar-refractivity contribution in [2.24, 2.45) is 0 Å². The van der Waals surface area contributed by atoms with E-state index < -0.39 is 10.9 Å². The first-order valence-electron chi connectivity index (χ1n) is 5.41. The summed E-state index contributed by atoms with van der Waals surface area (Å²) in [7, 11) is 4.96. The second-order valence-corrected chi connectivity index (χ2v) is 4.16. The number of ether oxygens (including phenoxy) is 1. The van der Waals surface area contributed by atoms with Gasteiger partial charge in [-0.3, -0.25) is 10.1 Å². The van der Waals surface area contributed by atoms with Gasteiger partial charge in [-0.25, -0.2) is 4.79 Å². The van der Waals surface area contributed by atoms with Gasteiger partial charge in [0.2, 0.25) is 0 Å². The van der Waals surface area contributed by atoms with Crippen LogP contribution in [-0.4, -0.2) is 37.0 Å². The van der Waals surface area contributed by atoms with Gasteiger partial charge in [0.1, 0.15) is 5.56 Å². The lowest BCUT2D eigenvalue weighted by atomic mass is 10.0. The van der Waals surface area contributed by atoms with Crippen molar-refractivity contribution in [3.8, 4) is 0 Å². The zero-order valence-electron chi connectivity index (χ0n) is 10.8. The average Bonchev–Trinajstić information content (AvgIpc) is 2.35. The summed E-state index contributed by atoms with van der Waals surface area (Å²) in [5.74, 6) is -0.703. The highest BCUT2D eigenvalue weighted by Crippen LogP contribution is 2.26. The highest BCUT2D eigenvalue weighted by Gasteiger charge is 2.22. The Bertz CT molecular complexity index is 471. The van der Waals surface area contributed by atoms with Gasteiger partial charge in [-0.2, -0.15) is 0 Å². The van der Waals surface area contributed by atoms with Gasteiger partial charge in [-0.15, -0.1) is 0 Å². The van der Waals surface area contributed by atoms with Gasteiger partial charge >= 0.3 is 5.97 Å². The number of carbonyl (C=O) groups excluding carboxylic acids is 1. The molecule has 0 radical (unpaired) electrons. The largest absolute Gasteiger partial charge is 0.465 e. The molecule has 6 heteroatoms. The van der Waals surface area contributed by atoms with Crippen LogP contribution in [0.3, 0.4) is 0 Å². The monoisotopic (exact) mass is 252 g/mol. The zero-order chi connectivity index (χ0) is 13.9. The highest BCUT2D eigenvalue weighted by molar-refractivity contribution is 5.93. The molecule has 0 aliphatic rings. The summed E-state index contributed by atoms with van der Waals surface area (Å²) in [6.07, 6.45) is 0. The number of carbonyl (C=O) groups is 1. The molecule has 0 N–H and O–H groups in total. The smallest absolute Gasteiger partial charge is 0.344 e. The van der Waals surface area contributed by atoms with E-state index in [4.69, 9.17) is 0 Å². The maximum absolute atomic E-state index is 11.4. The number of nitro benzene ring substituents is 1. The number of esters is 1. The van der Waals surface area contributed by atoms with Crippen LogP contribution in [0.1, 0.15) is 28.9 Å². The van der Waals surface area contributed by atoms with Crippen LogP contribution < -0.4 is 0 Å². The van der Waals surface area contributed by atoms with Crippen molar-refractivity contribution >= 4 is 11.7 Å². The molecule has 0 saturated heterocycles. The van der Waals surface area contributed by atoms with Crippen LogP contribution in [-0.2, 0) is 4.74 Å². The molecule has 6 nitrogen and oxygen atoms in total. The van der Waals surface area contributed by atoms with Crippen molar-refractivity contribution in [1.29, 1.82) is 0 Å². The van der Waals surface area contributed by atoms with Gasteiger partial charge in [0.05, 0.1) is 12.0 Å². The SMILES string of the molecule is COC(=O)c1ccc(C(C)N(C)C)cc1[N+](=O)[O-]. The lowest BCUT2D eigenvalue weighted by Gasteiger charge is -2.20. The molecule has 0 amide bonds. The average molecular weight is 252 g/mol. The Labute approximate surface area is 105 Å². The fraction of sp³-hybridized carbons (Fsp3) is 0.417. The van der Waals surface area contributed by atoms with Crippen LogP contribution in [0.2, 0.25) is 0 Å². The topological polar surface area (TPSA) is 72.7 Å². The molecule has 0 spiro atoms. The minimum Gasteiger partial charge on any atom is -0.465 e. The molecule has 0 aliphatic carbocycles. The highest BCUT2D eigenvalue weighted by atomic mass is 16.6. The Hall–Kier alpha value is -1.95. The molecule has 1 aromatic carbocycles.